The summed E-state index contributed by atoms with van der Waals surface area (Å²) >= 11 is 1.24. The number of hydrogen-bond donors (Lipinski definition) is 1. The molecule has 0 fully saturated rings. The molecule has 6 nitrogen and oxygen atoms in total. The fraction of sp³-hybridized carbons (Fsp3) is 0.455. The number of aryl methyl sites for hydroxylation is 1. The van der Waals surface area contributed by atoms with Crippen molar-refractivity contribution in [1.29, 1.82) is 5.26 Å². The summed E-state index contributed by atoms with van der Waals surface area (Å²) < 4.78 is 0. The van der Waals surface area contributed by atoms with E-state index in [1.165, 1.54) is 16.7 Å². The highest BCUT2D eigenvalue weighted by atomic mass is 32.2. The summed E-state index contributed by atoms with van der Waals surface area (Å²) in [4.78, 5) is 21.4. The number of nitrogens with two attached hydrogens (primary N) is 1. The van der Waals surface area contributed by atoms with Gasteiger partial charge in [-0.3, -0.25) is 4.79 Å². The average molecular weight is 265 g/mol. The van der Waals surface area contributed by atoms with Gasteiger partial charge in [0.15, 0.2) is 5.16 Å². The van der Waals surface area contributed by atoms with Gasteiger partial charge in [-0.15, -0.1) is 0 Å². The Labute approximate surface area is 110 Å². The van der Waals surface area contributed by atoms with Crippen molar-refractivity contribution in [2.24, 2.45) is 0 Å². The number of nitriles is 1. The van der Waals surface area contributed by atoms with Crippen molar-refractivity contribution >= 4 is 23.5 Å². The van der Waals surface area contributed by atoms with Crippen LogP contribution in [0.3, 0.4) is 0 Å². The molecule has 0 spiro atoms. The topological polar surface area (TPSA) is 95.9 Å². The van der Waals surface area contributed by atoms with Gasteiger partial charge in [0.1, 0.15) is 5.82 Å². The molecule has 0 unspecified atom stereocenters. The summed E-state index contributed by atoms with van der Waals surface area (Å²) in [7, 11) is 1.67. The number of carbonyl (C=O) groups excluding carboxylic acids is 1. The van der Waals surface area contributed by atoms with Crippen molar-refractivity contribution < 1.29 is 4.79 Å². The first kappa shape index (κ1) is 14.3. The van der Waals surface area contributed by atoms with Crippen LogP contribution >= 0.6 is 11.8 Å². The van der Waals surface area contributed by atoms with Crippen molar-refractivity contribution in [3.63, 3.8) is 0 Å². The zero-order valence-electron chi connectivity index (χ0n) is 10.4. The number of nitrogens with zero attached hydrogens (tertiary/aromatic N) is 4. The van der Waals surface area contributed by atoms with Gasteiger partial charge in [-0.25, -0.2) is 9.97 Å². The van der Waals surface area contributed by atoms with Crippen molar-refractivity contribution in [2.45, 2.75) is 18.5 Å². The zero-order chi connectivity index (χ0) is 13.5. The predicted molar refractivity (Wildman–Crippen MR) is 69.8 cm³/mol. The Balaban J connectivity index is 2.49. The van der Waals surface area contributed by atoms with Crippen LogP contribution in [0.5, 0.6) is 0 Å². The summed E-state index contributed by atoms with van der Waals surface area (Å²) in [6.45, 7) is 2.26. The van der Waals surface area contributed by atoms with E-state index in [4.69, 9.17) is 11.0 Å². The van der Waals surface area contributed by atoms with Crippen molar-refractivity contribution in [3.8, 4) is 6.07 Å². The van der Waals surface area contributed by atoms with E-state index in [2.05, 4.69) is 9.97 Å². The van der Waals surface area contributed by atoms with Gasteiger partial charge >= 0.3 is 0 Å². The molecule has 1 aromatic rings. The number of amides is 1. The molecule has 2 N–H and O–H groups in total. The molecule has 1 aromatic heterocycles. The molecule has 7 heteroatoms. The van der Waals surface area contributed by atoms with Crippen LogP contribution in [0.25, 0.3) is 0 Å². The summed E-state index contributed by atoms with van der Waals surface area (Å²) in [5, 5.41) is 8.93. The van der Waals surface area contributed by atoms with Crippen molar-refractivity contribution in [3.05, 3.63) is 11.8 Å². The van der Waals surface area contributed by atoms with Gasteiger partial charge in [0.2, 0.25) is 5.91 Å². The largest absolute Gasteiger partial charge is 0.384 e. The molecule has 0 aliphatic heterocycles. The van der Waals surface area contributed by atoms with E-state index in [1.807, 2.05) is 13.0 Å². The van der Waals surface area contributed by atoms with Gasteiger partial charge in [0, 0.05) is 25.4 Å². The molecule has 0 saturated carbocycles. The second-order valence-electron chi connectivity index (χ2n) is 3.73. The lowest BCUT2D eigenvalue weighted by Gasteiger charge is -2.14. The number of thioether (sulfide) groups is 1. The van der Waals surface area contributed by atoms with Crippen LogP contribution < -0.4 is 5.73 Å². The minimum Gasteiger partial charge on any atom is -0.384 e. The summed E-state index contributed by atoms with van der Waals surface area (Å²) in [5.74, 6) is 0.583. The third-order valence-corrected chi connectivity index (χ3v) is 3.00. The van der Waals surface area contributed by atoms with Crippen LogP contribution in [-0.4, -0.2) is 40.1 Å². The van der Waals surface area contributed by atoms with Gasteiger partial charge in [0.05, 0.1) is 18.2 Å². The lowest BCUT2D eigenvalue weighted by atomic mass is 10.4. The van der Waals surface area contributed by atoms with E-state index >= 15 is 0 Å². The highest BCUT2D eigenvalue weighted by molar-refractivity contribution is 7.99. The van der Waals surface area contributed by atoms with Crippen LogP contribution in [0, 0.1) is 18.3 Å². The van der Waals surface area contributed by atoms with Crippen LogP contribution in [0.1, 0.15) is 12.1 Å². The highest BCUT2D eigenvalue weighted by Gasteiger charge is 2.10. The van der Waals surface area contributed by atoms with Crippen LogP contribution in [0.2, 0.25) is 0 Å². The maximum absolute atomic E-state index is 11.7. The third-order valence-electron chi connectivity index (χ3n) is 2.16. The van der Waals surface area contributed by atoms with Crippen molar-refractivity contribution in [1.82, 2.24) is 14.9 Å². The molecule has 0 bridgehead atoms. The van der Waals surface area contributed by atoms with E-state index < -0.39 is 0 Å². The molecule has 96 valence electrons. The Morgan fingerprint density at radius 1 is 1.61 bits per heavy atom. The van der Waals surface area contributed by atoms with E-state index in [0.29, 0.717) is 23.9 Å². The van der Waals surface area contributed by atoms with Gasteiger partial charge in [-0.1, -0.05) is 11.8 Å². The first-order valence-electron chi connectivity index (χ1n) is 5.38. The van der Waals surface area contributed by atoms with Gasteiger partial charge in [-0.05, 0) is 6.92 Å². The number of hydrogen-bond acceptors (Lipinski definition) is 6. The molecular weight excluding hydrogens is 250 g/mol. The van der Waals surface area contributed by atoms with Gasteiger partial charge in [0.25, 0.3) is 0 Å². The second-order valence-corrected chi connectivity index (χ2v) is 4.67. The summed E-state index contributed by atoms with van der Waals surface area (Å²) in [5.41, 5.74) is 6.37. The smallest absolute Gasteiger partial charge is 0.232 e. The Morgan fingerprint density at radius 2 is 2.33 bits per heavy atom. The quantitative estimate of drug-likeness (QED) is 0.625. The van der Waals surface area contributed by atoms with Gasteiger partial charge < -0.3 is 10.6 Å². The van der Waals surface area contributed by atoms with Crippen LogP contribution in [0.4, 0.5) is 5.82 Å². The first-order chi connectivity index (χ1) is 8.52. The number of carbonyl (C=O) groups is 1. The van der Waals surface area contributed by atoms with Crippen LogP contribution in [-0.2, 0) is 4.79 Å². The standard InChI is InChI=1S/C11H15N5OS/c1-8-6-9(13)15-11(14-8)18-7-10(17)16(2)5-3-4-12/h6H,3,5,7H2,1-2H3,(H2,13,14,15). The molecule has 0 aromatic carbocycles. The fourth-order valence-corrected chi connectivity index (χ4v) is 2.06. The maximum Gasteiger partial charge on any atom is 0.232 e. The number of nitrogen functional groups attached to an aromatic ring is 1. The van der Waals surface area contributed by atoms with Crippen molar-refractivity contribution in [2.75, 3.05) is 25.1 Å². The first-order valence-corrected chi connectivity index (χ1v) is 6.36. The molecule has 1 heterocycles. The Hall–Kier alpha value is -1.81. The number of rotatable bonds is 5. The maximum atomic E-state index is 11.7. The molecule has 0 radical (unpaired) electrons. The third kappa shape index (κ3) is 4.59. The zero-order valence-corrected chi connectivity index (χ0v) is 11.2. The van der Waals surface area contributed by atoms with E-state index in [9.17, 15) is 4.79 Å². The molecule has 0 saturated heterocycles. The summed E-state index contributed by atoms with van der Waals surface area (Å²) in [6.07, 6.45) is 0.334. The normalized spacial score (nSPS) is 9.83. The number of aromatic nitrogens is 2. The molecule has 0 aliphatic rings. The lowest BCUT2D eigenvalue weighted by molar-refractivity contribution is -0.127. The predicted octanol–water partition coefficient (Wildman–Crippen LogP) is 0.831. The molecule has 0 atom stereocenters. The second kappa shape index (κ2) is 6.81. The van der Waals surface area contributed by atoms with Gasteiger partial charge in [-0.2, -0.15) is 5.26 Å². The minimum atomic E-state index is -0.0565. The SMILES string of the molecule is Cc1cc(N)nc(SCC(=O)N(C)CCC#N)n1. The monoisotopic (exact) mass is 265 g/mol. The summed E-state index contributed by atoms with van der Waals surface area (Å²) in [6, 6.07) is 3.67. The lowest BCUT2D eigenvalue weighted by Crippen LogP contribution is -2.29. The molecule has 18 heavy (non-hydrogen) atoms. The number of anilines is 1. The Kier molecular flexibility index (Phi) is 5.39. The van der Waals surface area contributed by atoms with E-state index in [-0.39, 0.29) is 11.7 Å². The fourth-order valence-electron chi connectivity index (χ4n) is 1.21. The molecule has 0 aliphatic carbocycles. The van der Waals surface area contributed by atoms with E-state index in [0.717, 1.165) is 5.69 Å². The molecular formula is C11H15N5OS. The Morgan fingerprint density at radius 3 is 2.94 bits per heavy atom. The molecule has 1 amide bonds. The van der Waals surface area contributed by atoms with E-state index in [1.54, 1.807) is 13.1 Å². The average Bonchev–Trinajstić information content (AvgIpc) is 2.31. The van der Waals surface area contributed by atoms with Crippen LogP contribution in [0.15, 0.2) is 11.2 Å². The highest BCUT2D eigenvalue weighted by Crippen LogP contribution is 2.15. The molecule has 1 rings (SSSR count). The Bertz CT molecular complexity index is 451. The minimum absolute atomic E-state index is 0.0565.